The third-order valence-corrected chi connectivity index (χ3v) is 7.97. The minimum absolute atomic E-state index is 0.0850. The fourth-order valence-electron chi connectivity index (χ4n) is 4.28. The van der Waals surface area contributed by atoms with E-state index in [4.69, 9.17) is 0 Å². The third kappa shape index (κ3) is 6.19. The van der Waals surface area contributed by atoms with Crippen LogP contribution in [0.4, 0.5) is 15.8 Å². The van der Waals surface area contributed by atoms with Crippen LogP contribution in [0.3, 0.4) is 0 Å². The first kappa shape index (κ1) is 24.7. The molecule has 1 N–H and O–H groups in total. The molecule has 35 heavy (non-hydrogen) atoms. The molecule has 1 aliphatic heterocycles. The summed E-state index contributed by atoms with van der Waals surface area (Å²) in [6, 6.07) is 21.1. The van der Waals surface area contributed by atoms with Gasteiger partial charge in [-0.15, -0.1) is 0 Å². The van der Waals surface area contributed by atoms with Crippen LogP contribution < -0.4 is 14.5 Å². The molecule has 0 spiro atoms. The summed E-state index contributed by atoms with van der Waals surface area (Å²) < 4.78 is 40.9. The summed E-state index contributed by atoms with van der Waals surface area (Å²) in [5.74, 6) is -0.288. The molecule has 1 aliphatic rings. The standard InChI is InChI=1S/C27H30FN3O3S/c1-21-6-5-17-30(19-21)24-13-9-22(10-14-24)18-29-27(32)20-31(25-7-3-2-4-8-25)35(33,34)26-15-11-23(28)12-16-26/h2-4,7-16,21H,5-6,17-20H2,1H3,(H,29,32). The van der Waals surface area contributed by atoms with Gasteiger partial charge in [0, 0.05) is 25.3 Å². The molecule has 4 rings (SSSR count). The number of hydrogen-bond donors (Lipinski definition) is 1. The van der Waals surface area contributed by atoms with Crippen LogP contribution in [0.2, 0.25) is 0 Å². The minimum Gasteiger partial charge on any atom is -0.371 e. The number of piperidine rings is 1. The van der Waals surface area contributed by atoms with Gasteiger partial charge >= 0.3 is 0 Å². The second kappa shape index (κ2) is 10.9. The first-order chi connectivity index (χ1) is 16.8. The number of nitrogens with one attached hydrogen (secondary N) is 1. The molecular weight excluding hydrogens is 465 g/mol. The van der Waals surface area contributed by atoms with Crippen molar-refractivity contribution in [3.05, 3.63) is 90.2 Å². The Hall–Kier alpha value is -3.39. The SMILES string of the molecule is CC1CCCN(c2ccc(CNC(=O)CN(c3ccccc3)S(=O)(=O)c3ccc(F)cc3)cc2)C1. The number of para-hydroxylation sites is 1. The van der Waals surface area contributed by atoms with Crippen LogP contribution >= 0.6 is 0 Å². The van der Waals surface area contributed by atoms with Crippen molar-refractivity contribution >= 4 is 27.3 Å². The molecule has 3 aromatic carbocycles. The fourth-order valence-corrected chi connectivity index (χ4v) is 5.70. The van der Waals surface area contributed by atoms with Crippen molar-refractivity contribution in [1.82, 2.24) is 5.32 Å². The van der Waals surface area contributed by atoms with Gasteiger partial charge in [0.15, 0.2) is 0 Å². The zero-order chi connectivity index (χ0) is 24.8. The van der Waals surface area contributed by atoms with Gasteiger partial charge in [-0.2, -0.15) is 0 Å². The number of sulfonamides is 1. The van der Waals surface area contributed by atoms with Gasteiger partial charge in [0.1, 0.15) is 12.4 Å². The first-order valence-corrected chi connectivity index (χ1v) is 13.2. The van der Waals surface area contributed by atoms with Crippen LogP contribution in [0.15, 0.2) is 83.8 Å². The number of halogens is 1. The van der Waals surface area contributed by atoms with Gasteiger partial charge < -0.3 is 10.2 Å². The molecule has 0 aliphatic carbocycles. The average molecular weight is 496 g/mol. The summed E-state index contributed by atoms with van der Waals surface area (Å²) in [5, 5.41) is 2.82. The molecule has 0 aromatic heterocycles. The largest absolute Gasteiger partial charge is 0.371 e. The third-order valence-electron chi connectivity index (χ3n) is 6.18. The Morgan fingerprint density at radius 3 is 2.37 bits per heavy atom. The number of amides is 1. The Bertz CT molecular complexity index is 1230. The maximum atomic E-state index is 13.3. The number of rotatable bonds is 8. The lowest BCUT2D eigenvalue weighted by Crippen LogP contribution is -2.40. The molecule has 1 amide bonds. The monoisotopic (exact) mass is 495 g/mol. The van der Waals surface area contributed by atoms with Crippen molar-refractivity contribution in [2.24, 2.45) is 5.92 Å². The lowest BCUT2D eigenvalue weighted by Gasteiger charge is -2.32. The second-order valence-corrected chi connectivity index (χ2v) is 10.8. The van der Waals surface area contributed by atoms with E-state index in [0.29, 0.717) is 11.6 Å². The summed E-state index contributed by atoms with van der Waals surface area (Å²) in [5.41, 5.74) is 2.46. The smallest absolute Gasteiger partial charge is 0.264 e. The molecule has 3 aromatic rings. The van der Waals surface area contributed by atoms with Crippen LogP contribution in [-0.4, -0.2) is 34.0 Å². The summed E-state index contributed by atoms with van der Waals surface area (Å²) in [4.78, 5) is 15.1. The average Bonchev–Trinajstić information content (AvgIpc) is 2.87. The predicted octanol–water partition coefficient (Wildman–Crippen LogP) is 4.57. The Labute approximate surface area is 206 Å². The van der Waals surface area contributed by atoms with Crippen molar-refractivity contribution < 1.29 is 17.6 Å². The highest BCUT2D eigenvalue weighted by atomic mass is 32.2. The lowest BCUT2D eigenvalue weighted by molar-refractivity contribution is -0.119. The normalized spacial score (nSPS) is 16.1. The first-order valence-electron chi connectivity index (χ1n) is 11.8. The molecule has 0 bridgehead atoms. The van der Waals surface area contributed by atoms with E-state index >= 15 is 0 Å². The number of carbonyl (C=O) groups excluding carboxylic acids is 1. The fraction of sp³-hybridized carbons (Fsp3) is 0.296. The number of anilines is 2. The molecule has 8 heteroatoms. The zero-order valence-corrected chi connectivity index (χ0v) is 20.5. The Morgan fingerprint density at radius 2 is 1.71 bits per heavy atom. The Kier molecular flexibility index (Phi) is 7.70. The number of nitrogens with zero attached hydrogens (tertiary/aromatic N) is 2. The van der Waals surface area contributed by atoms with Gasteiger partial charge in [-0.1, -0.05) is 37.3 Å². The van der Waals surface area contributed by atoms with Gasteiger partial charge in [-0.25, -0.2) is 12.8 Å². The van der Waals surface area contributed by atoms with Crippen molar-refractivity contribution in [3.63, 3.8) is 0 Å². The van der Waals surface area contributed by atoms with Gasteiger partial charge in [0.2, 0.25) is 5.91 Å². The molecule has 184 valence electrons. The molecule has 0 saturated carbocycles. The molecule has 1 fully saturated rings. The number of hydrogen-bond acceptors (Lipinski definition) is 4. The molecule has 1 heterocycles. The van der Waals surface area contributed by atoms with E-state index in [1.165, 1.54) is 30.7 Å². The van der Waals surface area contributed by atoms with Crippen molar-refractivity contribution in [2.45, 2.75) is 31.2 Å². The van der Waals surface area contributed by atoms with E-state index in [-0.39, 0.29) is 11.4 Å². The minimum atomic E-state index is -4.07. The van der Waals surface area contributed by atoms with Crippen molar-refractivity contribution in [3.8, 4) is 0 Å². The van der Waals surface area contributed by atoms with Crippen LogP contribution in [0.25, 0.3) is 0 Å². The zero-order valence-electron chi connectivity index (χ0n) is 19.7. The lowest BCUT2D eigenvalue weighted by atomic mass is 9.99. The van der Waals surface area contributed by atoms with Crippen LogP contribution in [0.5, 0.6) is 0 Å². The molecule has 1 saturated heterocycles. The number of carbonyl (C=O) groups is 1. The molecule has 6 nitrogen and oxygen atoms in total. The van der Waals surface area contributed by atoms with E-state index in [2.05, 4.69) is 29.3 Å². The van der Waals surface area contributed by atoms with Gasteiger partial charge in [-0.3, -0.25) is 9.10 Å². The van der Waals surface area contributed by atoms with E-state index in [9.17, 15) is 17.6 Å². The predicted molar refractivity (Wildman–Crippen MR) is 136 cm³/mol. The Morgan fingerprint density at radius 1 is 1.03 bits per heavy atom. The highest BCUT2D eigenvalue weighted by Crippen LogP contribution is 2.24. The maximum absolute atomic E-state index is 13.3. The summed E-state index contributed by atoms with van der Waals surface area (Å²) >= 11 is 0. The van der Waals surface area contributed by atoms with Crippen LogP contribution in [0, 0.1) is 11.7 Å². The van der Waals surface area contributed by atoms with Gasteiger partial charge in [-0.05, 0) is 72.9 Å². The molecule has 0 radical (unpaired) electrons. The summed E-state index contributed by atoms with van der Waals surface area (Å²) in [7, 11) is -4.07. The highest BCUT2D eigenvalue weighted by molar-refractivity contribution is 7.92. The van der Waals surface area contributed by atoms with Gasteiger partial charge in [0.05, 0.1) is 10.6 Å². The Balaban J connectivity index is 1.43. The topological polar surface area (TPSA) is 69.7 Å². The van der Waals surface area contributed by atoms with Gasteiger partial charge in [0.25, 0.3) is 10.0 Å². The molecule has 1 atom stereocenters. The highest BCUT2D eigenvalue weighted by Gasteiger charge is 2.27. The number of benzene rings is 3. The van der Waals surface area contributed by atoms with Crippen LogP contribution in [0.1, 0.15) is 25.3 Å². The molecule has 1 unspecified atom stereocenters. The summed E-state index contributed by atoms with van der Waals surface area (Å²) in [6.45, 7) is 4.26. The van der Waals surface area contributed by atoms with Crippen LogP contribution in [-0.2, 0) is 21.4 Å². The summed E-state index contributed by atoms with van der Waals surface area (Å²) in [6.07, 6.45) is 2.45. The quantitative estimate of drug-likeness (QED) is 0.497. The van der Waals surface area contributed by atoms with Crippen molar-refractivity contribution in [1.29, 1.82) is 0 Å². The van der Waals surface area contributed by atoms with Crippen molar-refractivity contribution in [2.75, 3.05) is 28.8 Å². The van der Waals surface area contributed by atoms with E-state index in [0.717, 1.165) is 35.1 Å². The van der Waals surface area contributed by atoms with E-state index in [1.54, 1.807) is 30.3 Å². The molecular formula is C27H30FN3O3S. The van der Waals surface area contributed by atoms with E-state index in [1.807, 2.05) is 12.1 Å². The second-order valence-electron chi connectivity index (χ2n) is 8.94. The maximum Gasteiger partial charge on any atom is 0.264 e. The van der Waals surface area contributed by atoms with E-state index < -0.39 is 28.3 Å².